The van der Waals surface area contributed by atoms with Crippen molar-refractivity contribution in [3.05, 3.63) is 41.2 Å². The van der Waals surface area contributed by atoms with Crippen molar-refractivity contribution in [2.45, 2.75) is 32.9 Å². The van der Waals surface area contributed by atoms with Crippen LogP contribution in [0.15, 0.2) is 30.6 Å². The van der Waals surface area contributed by atoms with E-state index in [4.69, 9.17) is 26.9 Å². The first-order chi connectivity index (χ1) is 16.9. The molecule has 0 saturated carbocycles. The van der Waals surface area contributed by atoms with E-state index in [0.717, 1.165) is 23.9 Å². The normalized spacial score (nSPS) is 14.6. The van der Waals surface area contributed by atoms with E-state index in [0.29, 0.717) is 40.7 Å². The maximum atomic E-state index is 13.0. The van der Waals surface area contributed by atoms with Gasteiger partial charge in [-0.15, -0.1) is 0 Å². The molecule has 1 aliphatic heterocycles. The van der Waals surface area contributed by atoms with Crippen molar-refractivity contribution >= 4 is 45.5 Å². The number of benzene rings is 1. The first-order valence-electron chi connectivity index (χ1n) is 11.4. The Morgan fingerprint density at radius 1 is 1.37 bits per heavy atom. The van der Waals surface area contributed by atoms with Crippen LogP contribution in [-0.4, -0.2) is 60.6 Å². The van der Waals surface area contributed by atoms with Crippen molar-refractivity contribution in [2.75, 3.05) is 13.1 Å². The van der Waals surface area contributed by atoms with Gasteiger partial charge >= 0.3 is 0 Å². The summed E-state index contributed by atoms with van der Waals surface area (Å²) in [7, 11) is 0. The summed E-state index contributed by atoms with van der Waals surface area (Å²) >= 11 is 6.22. The highest BCUT2D eigenvalue weighted by atomic mass is 35.5. The first-order valence-corrected chi connectivity index (χ1v) is 11.8. The van der Waals surface area contributed by atoms with Crippen LogP contribution < -0.4 is 5.32 Å². The van der Waals surface area contributed by atoms with Crippen LogP contribution in [0.5, 0.6) is 0 Å². The second-order valence-corrected chi connectivity index (χ2v) is 9.09. The number of aromatic amines is 1. The molecule has 1 fully saturated rings. The second-order valence-electron chi connectivity index (χ2n) is 8.65. The van der Waals surface area contributed by atoms with Crippen molar-refractivity contribution in [3.63, 3.8) is 0 Å². The third-order valence-electron chi connectivity index (χ3n) is 6.11. The third kappa shape index (κ3) is 4.08. The van der Waals surface area contributed by atoms with E-state index in [1.807, 2.05) is 22.9 Å². The Hall–Kier alpha value is -3.97. The molecule has 1 atom stereocenters. The summed E-state index contributed by atoms with van der Waals surface area (Å²) in [5.74, 6) is -0.797. The van der Waals surface area contributed by atoms with E-state index in [1.54, 1.807) is 18.0 Å². The van der Waals surface area contributed by atoms with Crippen molar-refractivity contribution in [1.82, 2.24) is 34.9 Å². The maximum Gasteiger partial charge on any atom is 0.255 e. The van der Waals surface area contributed by atoms with Crippen LogP contribution in [0.4, 0.5) is 0 Å². The molecule has 3 aromatic heterocycles. The first kappa shape index (κ1) is 22.8. The smallest absolute Gasteiger partial charge is 0.255 e. The average Bonchev–Trinajstić information content (AvgIpc) is 3.39. The highest BCUT2D eigenvalue weighted by Crippen LogP contribution is 2.30. The summed E-state index contributed by atoms with van der Waals surface area (Å²) < 4.78 is 1.90. The average molecular weight is 491 g/mol. The number of rotatable bonds is 6. The molecule has 1 saturated heterocycles. The molecule has 1 aromatic carbocycles. The lowest BCUT2D eigenvalue weighted by molar-refractivity contribution is -0.137. The van der Waals surface area contributed by atoms with Gasteiger partial charge < -0.3 is 15.2 Å². The molecular weight excluding hydrogens is 468 g/mol. The molecule has 0 spiro atoms. The summed E-state index contributed by atoms with van der Waals surface area (Å²) in [5.41, 5.74) is 3.22. The Balaban J connectivity index is 1.44. The van der Waals surface area contributed by atoms with Crippen LogP contribution in [0, 0.1) is 17.2 Å². The molecule has 1 aliphatic rings. The molecule has 10 nitrogen and oxygen atoms in total. The van der Waals surface area contributed by atoms with Crippen LogP contribution in [-0.2, 0) is 11.3 Å². The van der Waals surface area contributed by atoms with Crippen LogP contribution in [0.3, 0.4) is 0 Å². The minimum Gasteiger partial charge on any atom is -0.344 e. The van der Waals surface area contributed by atoms with E-state index in [2.05, 4.69) is 28.3 Å². The molecule has 2 N–H and O–H groups in total. The number of aryl methyl sites for hydroxylation is 1. The van der Waals surface area contributed by atoms with E-state index in [1.165, 1.54) is 6.20 Å². The Kier molecular flexibility index (Phi) is 5.86. The van der Waals surface area contributed by atoms with Gasteiger partial charge in [0.1, 0.15) is 22.9 Å². The summed E-state index contributed by atoms with van der Waals surface area (Å²) in [6, 6.07) is 6.99. The molecule has 0 aliphatic carbocycles. The molecular formula is C24H23ClN8O2. The number of H-pyrrole nitrogens is 1. The Labute approximate surface area is 205 Å². The molecule has 178 valence electrons. The number of carbonyl (C=O) groups is 2. The van der Waals surface area contributed by atoms with Crippen LogP contribution in [0.1, 0.15) is 30.6 Å². The molecule has 0 radical (unpaired) electrons. The largest absolute Gasteiger partial charge is 0.344 e. The minimum absolute atomic E-state index is 0.142. The number of fused-ring (bicyclic) bond motifs is 2. The van der Waals surface area contributed by atoms with Gasteiger partial charge in [0, 0.05) is 36.2 Å². The third-order valence-corrected chi connectivity index (χ3v) is 6.35. The lowest BCUT2D eigenvalue weighted by Crippen LogP contribution is -2.55. The number of nitriles is 1. The monoisotopic (exact) mass is 490 g/mol. The number of amides is 2. The van der Waals surface area contributed by atoms with Crippen molar-refractivity contribution in [2.24, 2.45) is 5.92 Å². The quantitative estimate of drug-likeness (QED) is 0.426. The van der Waals surface area contributed by atoms with Crippen molar-refractivity contribution < 1.29 is 9.59 Å². The zero-order chi connectivity index (χ0) is 24.7. The summed E-state index contributed by atoms with van der Waals surface area (Å²) in [6.07, 6.45) is 4.06. The van der Waals surface area contributed by atoms with E-state index in [-0.39, 0.29) is 17.4 Å². The lowest BCUT2D eigenvalue weighted by Gasteiger charge is -2.37. The van der Waals surface area contributed by atoms with Crippen LogP contribution >= 0.6 is 11.6 Å². The Morgan fingerprint density at radius 2 is 2.17 bits per heavy atom. The van der Waals surface area contributed by atoms with E-state index < -0.39 is 11.9 Å². The van der Waals surface area contributed by atoms with Crippen molar-refractivity contribution in [1.29, 1.82) is 5.26 Å². The van der Waals surface area contributed by atoms with Crippen LogP contribution in [0.2, 0.25) is 5.02 Å². The molecule has 5 rings (SSSR count). The van der Waals surface area contributed by atoms with Crippen LogP contribution in [0.25, 0.3) is 33.5 Å². The second kappa shape index (κ2) is 9.00. The van der Waals surface area contributed by atoms with Gasteiger partial charge in [-0.2, -0.15) is 10.4 Å². The number of carbonyl (C=O) groups excluding carboxylic acids is 2. The lowest BCUT2D eigenvalue weighted by atomic mass is 10.0. The van der Waals surface area contributed by atoms with Gasteiger partial charge in [-0.05, 0) is 31.5 Å². The molecule has 35 heavy (non-hydrogen) atoms. The number of halogens is 1. The maximum absolute atomic E-state index is 13.0. The summed E-state index contributed by atoms with van der Waals surface area (Å²) in [5, 5.41) is 17.9. The highest BCUT2D eigenvalue weighted by Gasteiger charge is 2.33. The number of nitrogens with one attached hydrogen (secondary N) is 2. The molecule has 4 aromatic rings. The van der Waals surface area contributed by atoms with Gasteiger partial charge in [-0.3, -0.25) is 14.3 Å². The van der Waals surface area contributed by atoms with Gasteiger partial charge in [0.05, 0.1) is 29.3 Å². The predicted molar refractivity (Wildman–Crippen MR) is 131 cm³/mol. The number of hydrogen-bond donors (Lipinski definition) is 2. The number of nitrogens with zero attached hydrogens (tertiary/aromatic N) is 6. The molecule has 0 unspecified atom stereocenters. The van der Waals surface area contributed by atoms with Gasteiger partial charge in [0.25, 0.3) is 5.91 Å². The summed E-state index contributed by atoms with van der Waals surface area (Å²) in [4.78, 5) is 39.3. The van der Waals surface area contributed by atoms with Crippen molar-refractivity contribution in [3.8, 4) is 17.5 Å². The Morgan fingerprint density at radius 3 is 2.91 bits per heavy atom. The number of likely N-dealkylation sites (tertiary alicyclic amines) is 1. The van der Waals surface area contributed by atoms with Gasteiger partial charge in [-0.25, -0.2) is 9.97 Å². The molecule has 0 bridgehead atoms. The fraction of sp³-hybridized carbons (Fsp3) is 0.333. The van der Waals surface area contributed by atoms with Gasteiger partial charge in [0.15, 0.2) is 5.65 Å². The van der Waals surface area contributed by atoms with E-state index >= 15 is 0 Å². The van der Waals surface area contributed by atoms with Gasteiger partial charge in [-0.1, -0.05) is 18.5 Å². The van der Waals surface area contributed by atoms with E-state index in [9.17, 15) is 9.59 Å². The molecule has 2 amide bonds. The topological polar surface area (TPSA) is 133 Å². The SMILES string of the molecule is CCCn1nc(-c2cnc3[nH]cc(C(=O)N[C@H](C)C(=O)N4CC(C#N)C4)c3n2)c2ccc(Cl)cc21. The molecule has 4 heterocycles. The predicted octanol–water partition coefficient (Wildman–Crippen LogP) is 3.14. The zero-order valence-electron chi connectivity index (χ0n) is 19.2. The minimum atomic E-state index is -0.735. The fourth-order valence-electron chi connectivity index (χ4n) is 4.25. The number of aromatic nitrogens is 5. The highest BCUT2D eigenvalue weighted by molar-refractivity contribution is 6.31. The number of hydrogen-bond acceptors (Lipinski definition) is 6. The Bertz CT molecular complexity index is 1490. The fourth-order valence-corrected chi connectivity index (χ4v) is 4.41. The standard InChI is InChI=1S/C24H23ClN8O2/c1-3-6-33-19-7-15(25)4-5-16(19)20(31-33)18-10-28-22-21(30-18)17(9-27-22)23(34)29-13(2)24(35)32-11-14(8-26)12-32/h4-5,7,9-10,13-14H,3,6,11-12H2,1-2H3,(H,27,28)(H,29,34)/t13-/m1/s1. The zero-order valence-corrected chi connectivity index (χ0v) is 20.0. The molecule has 11 heteroatoms. The van der Waals surface area contributed by atoms with Gasteiger partial charge in [0.2, 0.25) is 5.91 Å². The summed E-state index contributed by atoms with van der Waals surface area (Å²) in [6.45, 7) is 5.21.